The molecule has 0 saturated carbocycles. The van der Waals surface area contributed by atoms with Crippen molar-refractivity contribution in [3.63, 3.8) is 0 Å². The largest absolute Gasteiger partial charge is 0.495 e. The fourth-order valence-corrected chi connectivity index (χ4v) is 2.54. The Kier molecular flexibility index (Phi) is 4.80. The molecular formula is C15H12N2O3S. The molecule has 0 bridgehead atoms. The molecule has 0 aliphatic rings. The van der Waals surface area contributed by atoms with Gasteiger partial charge >= 0.3 is 5.97 Å². The summed E-state index contributed by atoms with van der Waals surface area (Å²) in [5.74, 6) is 0.167. The summed E-state index contributed by atoms with van der Waals surface area (Å²) in [6.45, 7) is 0. The van der Waals surface area contributed by atoms with Crippen molar-refractivity contribution in [2.45, 2.75) is 10.8 Å². The number of methoxy groups -OCH3 is 1. The minimum absolute atomic E-state index is 0.213. The Morgan fingerprint density at radius 3 is 2.90 bits per heavy atom. The SMILES string of the molecule is COc1cc(CSc2cc(C(=O)O)ccn2)ccc1C#N. The van der Waals surface area contributed by atoms with E-state index in [-0.39, 0.29) is 5.56 Å². The summed E-state index contributed by atoms with van der Waals surface area (Å²) < 4.78 is 5.15. The molecule has 6 heteroatoms. The first-order chi connectivity index (χ1) is 10.1. The lowest BCUT2D eigenvalue weighted by Crippen LogP contribution is -1.97. The lowest BCUT2D eigenvalue weighted by atomic mass is 10.1. The molecule has 1 aromatic heterocycles. The molecule has 0 fully saturated rings. The van der Waals surface area contributed by atoms with Gasteiger partial charge in [-0.05, 0) is 29.8 Å². The minimum Gasteiger partial charge on any atom is -0.495 e. The number of rotatable bonds is 5. The number of thioether (sulfide) groups is 1. The smallest absolute Gasteiger partial charge is 0.335 e. The van der Waals surface area contributed by atoms with E-state index in [1.807, 2.05) is 6.07 Å². The van der Waals surface area contributed by atoms with Gasteiger partial charge in [0.1, 0.15) is 11.8 Å². The van der Waals surface area contributed by atoms with Crippen molar-refractivity contribution >= 4 is 17.7 Å². The first-order valence-corrected chi connectivity index (χ1v) is 7.01. The van der Waals surface area contributed by atoms with E-state index in [9.17, 15) is 4.79 Å². The van der Waals surface area contributed by atoms with E-state index in [0.717, 1.165) is 5.56 Å². The molecule has 0 spiro atoms. The van der Waals surface area contributed by atoms with Crippen LogP contribution in [0.2, 0.25) is 0 Å². The van der Waals surface area contributed by atoms with Crippen molar-refractivity contribution in [2.75, 3.05) is 7.11 Å². The Hall–Kier alpha value is -2.52. The van der Waals surface area contributed by atoms with Gasteiger partial charge in [-0.25, -0.2) is 9.78 Å². The van der Waals surface area contributed by atoms with Crippen molar-refractivity contribution in [1.82, 2.24) is 4.98 Å². The molecular weight excluding hydrogens is 288 g/mol. The van der Waals surface area contributed by atoms with Crippen LogP contribution < -0.4 is 4.74 Å². The van der Waals surface area contributed by atoms with E-state index in [1.54, 1.807) is 12.1 Å². The van der Waals surface area contributed by atoms with E-state index in [2.05, 4.69) is 11.1 Å². The van der Waals surface area contributed by atoms with Gasteiger partial charge in [0.05, 0.1) is 23.3 Å². The quantitative estimate of drug-likeness (QED) is 0.855. The van der Waals surface area contributed by atoms with Gasteiger partial charge in [-0.2, -0.15) is 5.26 Å². The van der Waals surface area contributed by atoms with Crippen LogP contribution in [0.5, 0.6) is 5.75 Å². The average molecular weight is 300 g/mol. The van der Waals surface area contributed by atoms with Gasteiger partial charge in [-0.3, -0.25) is 0 Å². The predicted molar refractivity (Wildman–Crippen MR) is 78.5 cm³/mol. The van der Waals surface area contributed by atoms with E-state index >= 15 is 0 Å². The molecule has 2 rings (SSSR count). The Morgan fingerprint density at radius 1 is 1.43 bits per heavy atom. The van der Waals surface area contributed by atoms with Crippen LogP contribution in [0.1, 0.15) is 21.5 Å². The second-order valence-corrected chi connectivity index (χ2v) is 5.12. The highest BCUT2D eigenvalue weighted by Gasteiger charge is 2.07. The molecule has 21 heavy (non-hydrogen) atoms. The molecule has 0 atom stereocenters. The predicted octanol–water partition coefficient (Wildman–Crippen LogP) is 2.95. The summed E-state index contributed by atoms with van der Waals surface area (Å²) in [6, 6.07) is 10.4. The molecule has 0 unspecified atom stereocenters. The van der Waals surface area contributed by atoms with Crippen LogP contribution in [-0.4, -0.2) is 23.2 Å². The fourth-order valence-electron chi connectivity index (χ4n) is 1.70. The summed E-state index contributed by atoms with van der Waals surface area (Å²) in [5, 5.41) is 18.5. The number of aromatic nitrogens is 1. The van der Waals surface area contributed by atoms with Crippen LogP contribution in [0, 0.1) is 11.3 Å². The number of hydrogen-bond acceptors (Lipinski definition) is 5. The first-order valence-electron chi connectivity index (χ1n) is 6.03. The lowest BCUT2D eigenvalue weighted by Gasteiger charge is -2.06. The second kappa shape index (κ2) is 6.77. The van der Waals surface area contributed by atoms with E-state index < -0.39 is 5.97 Å². The third kappa shape index (κ3) is 3.74. The molecule has 2 aromatic rings. The number of hydrogen-bond donors (Lipinski definition) is 1. The molecule has 0 aliphatic carbocycles. The van der Waals surface area contributed by atoms with Crippen LogP contribution in [0.3, 0.4) is 0 Å². The van der Waals surface area contributed by atoms with Crippen LogP contribution in [0.25, 0.3) is 0 Å². The van der Waals surface area contributed by atoms with Gasteiger partial charge in [0, 0.05) is 11.9 Å². The van der Waals surface area contributed by atoms with E-state index in [1.165, 1.54) is 37.2 Å². The number of pyridine rings is 1. The molecule has 0 amide bonds. The summed E-state index contributed by atoms with van der Waals surface area (Å²) in [5.41, 5.74) is 1.67. The maximum Gasteiger partial charge on any atom is 0.335 e. The zero-order chi connectivity index (χ0) is 15.2. The van der Waals surface area contributed by atoms with Crippen molar-refractivity contribution in [3.8, 4) is 11.8 Å². The van der Waals surface area contributed by atoms with Crippen molar-refractivity contribution in [2.24, 2.45) is 0 Å². The van der Waals surface area contributed by atoms with Crippen LogP contribution in [0.15, 0.2) is 41.6 Å². The highest BCUT2D eigenvalue weighted by molar-refractivity contribution is 7.98. The number of aromatic carboxylic acids is 1. The van der Waals surface area contributed by atoms with Crippen molar-refractivity contribution in [3.05, 3.63) is 53.2 Å². The molecule has 5 nitrogen and oxygen atoms in total. The van der Waals surface area contributed by atoms with Gasteiger partial charge in [0.25, 0.3) is 0 Å². The zero-order valence-electron chi connectivity index (χ0n) is 11.2. The highest BCUT2D eigenvalue weighted by atomic mass is 32.2. The summed E-state index contributed by atoms with van der Waals surface area (Å²) in [7, 11) is 1.52. The number of carboxylic acid groups (broad SMARTS) is 1. The van der Waals surface area contributed by atoms with Gasteiger partial charge in [-0.15, -0.1) is 11.8 Å². The summed E-state index contributed by atoms with van der Waals surface area (Å²) >= 11 is 1.42. The molecule has 1 N–H and O–H groups in total. The average Bonchev–Trinajstić information content (AvgIpc) is 2.52. The van der Waals surface area contributed by atoms with E-state index in [0.29, 0.717) is 22.1 Å². The topological polar surface area (TPSA) is 83.2 Å². The Bertz CT molecular complexity index is 710. The number of nitriles is 1. The molecule has 1 aromatic carbocycles. The van der Waals surface area contributed by atoms with Crippen molar-refractivity contribution in [1.29, 1.82) is 5.26 Å². The normalized spacial score (nSPS) is 9.90. The Balaban J connectivity index is 2.11. The van der Waals surface area contributed by atoms with Gasteiger partial charge in [-0.1, -0.05) is 6.07 Å². The Labute approximate surface area is 126 Å². The van der Waals surface area contributed by atoms with Crippen LogP contribution >= 0.6 is 11.8 Å². The number of nitrogens with zero attached hydrogens (tertiary/aromatic N) is 2. The molecule has 0 radical (unpaired) electrons. The monoisotopic (exact) mass is 300 g/mol. The lowest BCUT2D eigenvalue weighted by molar-refractivity contribution is 0.0696. The van der Waals surface area contributed by atoms with Gasteiger partial charge in [0.15, 0.2) is 0 Å². The summed E-state index contributed by atoms with van der Waals surface area (Å²) in [6.07, 6.45) is 1.48. The van der Waals surface area contributed by atoms with E-state index in [4.69, 9.17) is 15.1 Å². The number of ether oxygens (including phenoxy) is 1. The van der Waals surface area contributed by atoms with Gasteiger partial charge in [0.2, 0.25) is 0 Å². The second-order valence-electron chi connectivity index (χ2n) is 4.12. The maximum atomic E-state index is 10.9. The standard InChI is InChI=1S/C15H12N2O3S/c1-20-13-6-10(2-3-12(13)8-16)9-21-14-7-11(15(18)19)4-5-17-14/h2-7H,9H2,1H3,(H,18,19). The Morgan fingerprint density at radius 2 is 2.24 bits per heavy atom. The number of carbonyl (C=O) groups is 1. The molecule has 106 valence electrons. The van der Waals surface area contributed by atoms with Crippen LogP contribution in [-0.2, 0) is 5.75 Å². The zero-order valence-corrected chi connectivity index (χ0v) is 12.1. The van der Waals surface area contributed by atoms with Crippen molar-refractivity contribution < 1.29 is 14.6 Å². The fraction of sp³-hybridized carbons (Fsp3) is 0.133. The first kappa shape index (κ1) is 14.9. The molecule has 0 saturated heterocycles. The summed E-state index contributed by atoms with van der Waals surface area (Å²) in [4.78, 5) is 15.0. The number of carboxylic acids is 1. The molecule has 0 aliphatic heterocycles. The maximum absolute atomic E-state index is 10.9. The number of benzene rings is 1. The molecule has 1 heterocycles. The van der Waals surface area contributed by atoms with Crippen LogP contribution in [0.4, 0.5) is 0 Å². The highest BCUT2D eigenvalue weighted by Crippen LogP contribution is 2.25. The third-order valence-electron chi connectivity index (χ3n) is 2.75. The van der Waals surface area contributed by atoms with Gasteiger partial charge < -0.3 is 9.84 Å². The third-order valence-corrected chi connectivity index (χ3v) is 3.75. The minimum atomic E-state index is -0.973.